The van der Waals surface area contributed by atoms with E-state index in [9.17, 15) is 14.4 Å². The van der Waals surface area contributed by atoms with Crippen LogP contribution in [0.1, 0.15) is 13.3 Å². The van der Waals surface area contributed by atoms with Crippen LogP contribution in [0.2, 0.25) is 0 Å². The SMILES string of the molecule is CN[C@@H]1C[C@@H](C(N)=O)N(C(=O)/C=C/C(C)=O)C1. The maximum atomic E-state index is 11.8. The minimum Gasteiger partial charge on any atom is -0.368 e. The minimum atomic E-state index is -0.600. The first-order valence-electron chi connectivity index (χ1n) is 5.41. The third kappa shape index (κ3) is 3.39. The third-order valence-corrected chi connectivity index (χ3v) is 2.78. The maximum Gasteiger partial charge on any atom is 0.247 e. The van der Waals surface area contributed by atoms with Crippen molar-refractivity contribution in [3.05, 3.63) is 12.2 Å². The van der Waals surface area contributed by atoms with Crippen molar-refractivity contribution in [2.24, 2.45) is 5.73 Å². The quantitative estimate of drug-likeness (QED) is 0.603. The highest BCUT2D eigenvalue weighted by Gasteiger charge is 2.36. The van der Waals surface area contributed by atoms with Gasteiger partial charge >= 0.3 is 0 Å². The Balaban J connectivity index is 2.76. The fraction of sp³-hybridized carbons (Fsp3) is 0.545. The molecule has 6 nitrogen and oxygen atoms in total. The van der Waals surface area contributed by atoms with E-state index in [1.807, 2.05) is 0 Å². The van der Waals surface area contributed by atoms with E-state index in [0.29, 0.717) is 13.0 Å². The van der Waals surface area contributed by atoms with Gasteiger partial charge in [0.2, 0.25) is 11.8 Å². The van der Waals surface area contributed by atoms with Crippen molar-refractivity contribution in [3.63, 3.8) is 0 Å². The number of hydrogen-bond acceptors (Lipinski definition) is 4. The van der Waals surface area contributed by atoms with Crippen LogP contribution in [0, 0.1) is 0 Å². The van der Waals surface area contributed by atoms with Crippen molar-refractivity contribution >= 4 is 17.6 Å². The largest absolute Gasteiger partial charge is 0.368 e. The highest BCUT2D eigenvalue weighted by molar-refractivity contribution is 5.98. The molecular formula is C11H17N3O3. The molecule has 94 valence electrons. The number of likely N-dealkylation sites (tertiary alicyclic amines) is 1. The van der Waals surface area contributed by atoms with Crippen molar-refractivity contribution in [3.8, 4) is 0 Å². The Kier molecular flexibility index (Phi) is 4.39. The number of nitrogens with two attached hydrogens (primary N) is 1. The van der Waals surface area contributed by atoms with Crippen LogP contribution in [0.15, 0.2) is 12.2 Å². The lowest BCUT2D eigenvalue weighted by Gasteiger charge is -2.20. The Bertz CT molecular complexity index is 365. The summed E-state index contributed by atoms with van der Waals surface area (Å²) < 4.78 is 0. The number of allylic oxidation sites excluding steroid dienone is 1. The van der Waals surface area contributed by atoms with Crippen molar-refractivity contribution in [2.75, 3.05) is 13.6 Å². The van der Waals surface area contributed by atoms with Gasteiger partial charge in [-0.2, -0.15) is 0 Å². The van der Waals surface area contributed by atoms with Crippen molar-refractivity contribution < 1.29 is 14.4 Å². The van der Waals surface area contributed by atoms with E-state index >= 15 is 0 Å². The Hall–Kier alpha value is -1.69. The summed E-state index contributed by atoms with van der Waals surface area (Å²) in [6.07, 6.45) is 2.87. The summed E-state index contributed by atoms with van der Waals surface area (Å²) in [6, 6.07) is -0.543. The molecule has 17 heavy (non-hydrogen) atoms. The van der Waals surface area contributed by atoms with Crippen molar-refractivity contribution in [1.82, 2.24) is 10.2 Å². The number of ketones is 1. The predicted molar refractivity (Wildman–Crippen MR) is 62.0 cm³/mol. The predicted octanol–water partition coefficient (Wildman–Crippen LogP) is -1.19. The Morgan fingerprint density at radius 2 is 2.00 bits per heavy atom. The molecule has 1 rings (SSSR count). The van der Waals surface area contributed by atoms with Crippen LogP contribution in [0.3, 0.4) is 0 Å². The lowest BCUT2D eigenvalue weighted by molar-refractivity contribution is -0.133. The highest BCUT2D eigenvalue weighted by Crippen LogP contribution is 2.17. The van der Waals surface area contributed by atoms with Gasteiger partial charge in [-0.25, -0.2) is 0 Å². The van der Waals surface area contributed by atoms with Gasteiger partial charge in [-0.3, -0.25) is 14.4 Å². The number of carbonyl (C=O) groups excluding carboxylic acids is 3. The fourth-order valence-electron chi connectivity index (χ4n) is 1.84. The third-order valence-electron chi connectivity index (χ3n) is 2.78. The molecular weight excluding hydrogens is 222 g/mol. The Morgan fingerprint density at radius 1 is 1.35 bits per heavy atom. The average Bonchev–Trinajstić information content (AvgIpc) is 2.69. The zero-order valence-corrected chi connectivity index (χ0v) is 9.97. The molecule has 1 aliphatic heterocycles. The van der Waals surface area contributed by atoms with Gasteiger partial charge in [0.1, 0.15) is 6.04 Å². The van der Waals surface area contributed by atoms with Crippen LogP contribution >= 0.6 is 0 Å². The lowest BCUT2D eigenvalue weighted by Crippen LogP contribution is -2.43. The molecule has 3 N–H and O–H groups in total. The fourth-order valence-corrected chi connectivity index (χ4v) is 1.84. The van der Waals surface area contributed by atoms with Crippen LogP contribution in [0.4, 0.5) is 0 Å². The highest BCUT2D eigenvalue weighted by atomic mass is 16.2. The van der Waals surface area contributed by atoms with E-state index in [-0.39, 0.29) is 17.7 Å². The van der Waals surface area contributed by atoms with Gasteiger partial charge in [-0.1, -0.05) is 0 Å². The summed E-state index contributed by atoms with van der Waals surface area (Å²) in [5.41, 5.74) is 5.25. The summed E-state index contributed by atoms with van der Waals surface area (Å²) in [7, 11) is 1.77. The van der Waals surface area contributed by atoms with E-state index in [1.165, 1.54) is 24.0 Å². The molecule has 2 atom stereocenters. The van der Waals surface area contributed by atoms with Gasteiger partial charge in [0, 0.05) is 18.7 Å². The molecule has 0 radical (unpaired) electrons. The molecule has 1 heterocycles. The first-order valence-corrected chi connectivity index (χ1v) is 5.41. The lowest BCUT2D eigenvalue weighted by atomic mass is 10.1. The summed E-state index contributed by atoms with van der Waals surface area (Å²) in [4.78, 5) is 35.1. The summed E-state index contributed by atoms with van der Waals surface area (Å²) in [5, 5.41) is 3.01. The van der Waals surface area contributed by atoms with E-state index in [0.717, 1.165) is 0 Å². The molecule has 0 aromatic rings. The molecule has 6 heteroatoms. The first kappa shape index (κ1) is 13.4. The molecule has 0 unspecified atom stereocenters. The van der Waals surface area contributed by atoms with Gasteiger partial charge in [0.15, 0.2) is 5.78 Å². The molecule has 0 spiro atoms. The summed E-state index contributed by atoms with van der Waals surface area (Å²) in [6.45, 7) is 1.78. The zero-order chi connectivity index (χ0) is 13.0. The van der Waals surface area contributed by atoms with Crippen LogP contribution in [0.25, 0.3) is 0 Å². The molecule has 0 saturated carbocycles. The van der Waals surface area contributed by atoms with Crippen molar-refractivity contribution in [1.29, 1.82) is 0 Å². The first-order chi connectivity index (χ1) is 7.95. The molecule has 1 aliphatic rings. The number of carbonyl (C=O) groups is 3. The van der Waals surface area contributed by atoms with E-state index in [4.69, 9.17) is 5.73 Å². The summed E-state index contributed by atoms with van der Waals surface area (Å²) in [5.74, 6) is -1.09. The summed E-state index contributed by atoms with van der Waals surface area (Å²) >= 11 is 0. The van der Waals surface area contributed by atoms with Crippen LogP contribution in [-0.2, 0) is 14.4 Å². The van der Waals surface area contributed by atoms with Gasteiger partial charge < -0.3 is 16.0 Å². The zero-order valence-electron chi connectivity index (χ0n) is 9.97. The number of nitrogens with zero attached hydrogens (tertiary/aromatic N) is 1. The standard InChI is InChI=1S/C11H17N3O3/c1-7(15)3-4-10(16)14-6-8(13-2)5-9(14)11(12)17/h3-4,8-9,13H,5-6H2,1-2H3,(H2,12,17)/b4-3+/t8-,9+/m1/s1. The smallest absolute Gasteiger partial charge is 0.247 e. The van der Waals surface area contributed by atoms with Gasteiger partial charge in [0.05, 0.1) is 0 Å². The number of likely N-dealkylation sites (N-methyl/N-ethyl adjacent to an activating group) is 1. The minimum absolute atomic E-state index is 0.0576. The monoisotopic (exact) mass is 239 g/mol. The number of primary amides is 1. The molecule has 1 saturated heterocycles. The van der Waals surface area contributed by atoms with Crippen LogP contribution < -0.4 is 11.1 Å². The molecule has 0 aromatic heterocycles. The average molecular weight is 239 g/mol. The molecule has 0 bridgehead atoms. The van der Waals surface area contributed by atoms with Crippen LogP contribution in [-0.4, -0.2) is 48.2 Å². The second-order valence-electron chi connectivity index (χ2n) is 4.07. The normalized spacial score (nSPS) is 24.2. The Morgan fingerprint density at radius 3 is 2.47 bits per heavy atom. The molecule has 0 aliphatic carbocycles. The van der Waals surface area contributed by atoms with Crippen molar-refractivity contribution in [2.45, 2.75) is 25.4 Å². The molecule has 0 aromatic carbocycles. The maximum absolute atomic E-state index is 11.8. The van der Waals surface area contributed by atoms with Gasteiger partial charge in [-0.05, 0) is 26.5 Å². The number of nitrogens with one attached hydrogen (secondary N) is 1. The Labute approximate surface area is 99.8 Å². The topological polar surface area (TPSA) is 92.5 Å². The molecule has 1 fully saturated rings. The van der Waals surface area contributed by atoms with Crippen LogP contribution in [0.5, 0.6) is 0 Å². The van der Waals surface area contributed by atoms with Gasteiger partial charge in [-0.15, -0.1) is 0 Å². The number of rotatable bonds is 4. The van der Waals surface area contributed by atoms with E-state index in [1.54, 1.807) is 7.05 Å². The molecule has 2 amide bonds. The van der Waals surface area contributed by atoms with E-state index < -0.39 is 11.9 Å². The second-order valence-corrected chi connectivity index (χ2v) is 4.07. The second kappa shape index (κ2) is 5.58. The van der Waals surface area contributed by atoms with Gasteiger partial charge in [0.25, 0.3) is 0 Å². The number of hydrogen-bond donors (Lipinski definition) is 2. The van der Waals surface area contributed by atoms with E-state index in [2.05, 4.69) is 5.32 Å². The number of amides is 2.